The molecule has 1 aromatic rings. The second kappa shape index (κ2) is 16.4. The number of allylic oxidation sites excluding steroid dienone is 4. The molecule has 10 heteroatoms. The van der Waals surface area contributed by atoms with Crippen molar-refractivity contribution in [2.45, 2.75) is 83.1 Å². The summed E-state index contributed by atoms with van der Waals surface area (Å²) < 4.78 is 0. The molecule has 3 amide bonds. The van der Waals surface area contributed by atoms with Crippen LogP contribution in [0.1, 0.15) is 76.2 Å². The summed E-state index contributed by atoms with van der Waals surface area (Å²) >= 11 is 24.7. The molecule has 3 atom stereocenters. The second-order valence-corrected chi connectivity index (χ2v) is 13.4. The molecule has 0 aromatic heterocycles. The smallest absolute Gasteiger partial charge is 0.239 e. The summed E-state index contributed by atoms with van der Waals surface area (Å²) in [6.07, 6.45) is 13.6. The van der Waals surface area contributed by atoms with Gasteiger partial charge in [-0.1, -0.05) is 71.4 Å². The van der Waals surface area contributed by atoms with E-state index >= 15 is 0 Å². The minimum atomic E-state index is -0.234. The molecule has 2 aliphatic carbocycles. The molecule has 1 aliphatic heterocycles. The van der Waals surface area contributed by atoms with Crippen LogP contribution in [0.25, 0.3) is 0 Å². The average molecular weight is 658 g/mol. The van der Waals surface area contributed by atoms with Crippen LogP contribution in [0.4, 0.5) is 0 Å². The van der Waals surface area contributed by atoms with Crippen molar-refractivity contribution in [1.82, 2.24) is 15.1 Å². The fourth-order valence-electron chi connectivity index (χ4n) is 6.45. The monoisotopic (exact) mass is 655 g/mol. The summed E-state index contributed by atoms with van der Waals surface area (Å²) in [7, 11) is 0. The van der Waals surface area contributed by atoms with Crippen LogP contribution in [0.15, 0.2) is 40.4 Å². The molecule has 1 aromatic carbocycles. The summed E-state index contributed by atoms with van der Waals surface area (Å²) in [4.78, 5) is 43.0. The second-order valence-electron chi connectivity index (χ2n) is 11.7. The highest BCUT2D eigenvalue weighted by Gasteiger charge is 2.35. The number of piperidine rings is 1. The first-order chi connectivity index (χ1) is 20.2. The van der Waals surface area contributed by atoms with Crippen LogP contribution in [0, 0.1) is 11.8 Å². The van der Waals surface area contributed by atoms with Crippen molar-refractivity contribution in [3.63, 3.8) is 0 Å². The maximum atomic E-state index is 13.3. The quantitative estimate of drug-likeness (QED) is 0.254. The van der Waals surface area contributed by atoms with E-state index in [2.05, 4.69) is 10.2 Å². The van der Waals surface area contributed by atoms with E-state index in [-0.39, 0.29) is 36.6 Å². The van der Waals surface area contributed by atoms with Crippen LogP contribution >= 0.6 is 46.4 Å². The first-order valence-corrected chi connectivity index (χ1v) is 16.7. The number of rotatable bonds is 12. The van der Waals surface area contributed by atoms with Crippen molar-refractivity contribution >= 4 is 64.1 Å². The van der Waals surface area contributed by atoms with E-state index in [4.69, 9.17) is 46.4 Å². The third-order valence-electron chi connectivity index (χ3n) is 8.78. The van der Waals surface area contributed by atoms with Gasteiger partial charge in [0.15, 0.2) is 0 Å². The van der Waals surface area contributed by atoms with Crippen molar-refractivity contribution in [3.05, 3.63) is 56.0 Å². The Morgan fingerprint density at radius 3 is 2.57 bits per heavy atom. The molecule has 4 rings (SSSR count). The summed E-state index contributed by atoms with van der Waals surface area (Å²) in [6, 6.07) is 5.64. The van der Waals surface area contributed by atoms with E-state index in [1.165, 1.54) is 25.7 Å². The van der Waals surface area contributed by atoms with Gasteiger partial charge in [0, 0.05) is 58.6 Å². The lowest BCUT2D eigenvalue weighted by molar-refractivity contribution is -0.138. The van der Waals surface area contributed by atoms with Gasteiger partial charge >= 0.3 is 0 Å². The third kappa shape index (κ3) is 9.64. The Hall–Kier alpha value is -1.73. The summed E-state index contributed by atoms with van der Waals surface area (Å²) in [5, 5.41) is 5.32. The van der Waals surface area contributed by atoms with Crippen molar-refractivity contribution in [2.75, 3.05) is 26.2 Å². The molecule has 42 heavy (non-hydrogen) atoms. The summed E-state index contributed by atoms with van der Waals surface area (Å²) in [5.41, 5.74) is 0.854. The number of hydrogen-bond acceptors (Lipinski definition) is 3. The molecular formula is C32H41Cl4N3O3. The lowest BCUT2D eigenvalue weighted by atomic mass is 9.78. The highest BCUT2D eigenvalue weighted by atomic mass is 35.5. The standard InChI is InChI=1S/C32H41Cl4N3O3/c33-25-12-10-22(27(35)19-25)14-16-37-30(40)21-38(18-15-23-11-13-26(34)20-28(23)36)31(41)8-3-9-32(42)39-17-4-6-24-5-1-2-7-29(24)39/h11-13,19-20,22,24,29H,1-10,14-18,21H2,(H,37,40). The number of nitrogens with zero attached hydrogens (tertiary/aromatic N) is 2. The Bertz CT molecular complexity index is 1190. The van der Waals surface area contributed by atoms with Crippen LogP contribution < -0.4 is 5.32 Å². The first-order valence-electron chi connectivity index (χ1n) is 15.2. The van der Waals surface area contributed by atoms with Crippen molar-refractivity contribution < 1.29 is 14.4 Å². The van der Waals surface area contributed by atoms with E-state index in [9.17, 15) is 14.4 Å². The van der Waals surface area contributed by atoms with Crippen LogP contribution in [-0.2, 0) is 20.8 Å². The molecule has 0 bridgehead atoms. The highest BCUT2D eigenvalue weighted by molar-refractivity contribution is 6.35. The zero-order valence-corrected chi connectivity index (χ0v) is 27.1. The lowest BCUT2D eigenvalue weighted by Crippen LogP contribution is -2.49. The molecule has 1 N–H and O–H groups in total. The number of amides is 3. The number of likely N-dealkylation sites (tertiary alicyclic amines) is 1. The van der Waals surface area contributed by atoms with Gasteiger partial charge in [0.05, 0.1) is 6.54 Å². The predicted octanol–water partition coefficient (Wildman–Crippen LogP) is 7.49. The van der Waals surface area contributed by atoms with Gasteiger partial charge in [-0.25, -0.2) is 0 Å². The van der Waals surface area contributed by atoms with Crippen LogP contribution in [-0.4, -0.2) is 59.7 Å². The largest absolute Gasteiger partial charge is 0.355 e. The minimum absolute atomic E-state index is 0.0617. The van der Waals surface area contributed by atoms with E-state index in [0.717, 1.165) is 31.4 Å². The first kappa shape index (κ1) is 33.2. The number of fused-ring (bicyclic) bond motifs is 1. The zero-order chi connectivity index (χ0) is 30.1. The Kier molecular flexibility index (Phi) is 12.9. The van der Waals surface area contributed by atoms with E-state index in [1.54, 1.807) is 23.1 Å². The van der Waals surface area contributed by atoms with E-state index < -0.39 is 0 Å². The van der Waals surface area contributed by atoms with Crippen molar-refractivity contribution in [2.24, 2.45) is 11.8 Å². The molecule has 0 spiro atoms. The molecular weight excluding hydrogens is 616 g/mol. The third-order valence-corrected chi connectivity index (χ3v) is 10.0. The highest BCUT2D eigenvalue weighted by Crippen LogP contribution is 2.35. The van der Waals surface area contributed by atoms with Crippen molar-refractivity contribution in [3.8, 4) is 0 Å². The summed E-state index contributed by atoms with van der Waals surface area (Å²) in [6.45, 7) is 1.54. The Labute approximate surface area is 269 Å². The number of hydrogen-bond donors (Lipinski definition) is 1. The predicted molar refractivity (Wildman–Crippen MR) is 171 cm³/mol. The SMILES string of the molecule is O=C(CN(CCc1ccc(Cl)cc1Cl)C(=O)CCCC(=O)N1CCCC2CCCCC21)NCCC1CC=C(Cl)C=C1Cl. The normalized spacial score (nSPS) is 22.1. The Morgan fingerprint density at radius 1 is 1.00 bits per heavy atom. The molecule has 6 nitrogen and oxygen atoms in total. The zero-order valence-electron chi connectivity index (χ0n) is 24.1. The molecule has 3 aliphatic rings. The van der Waals surface area contributed by atoms with E-state index in [0.29, 0.717) is 70.8 Å². The molecule has 3 unspecified atom stereocenters. The van der Waals surface area contributed by atoms with Gasteiger partial charge < -0.3 is 15.1 Å². The molecule has 1 saturated carbocycles. The number of halogens is 4. The van der Waals surface area contributed by atoms with Gasteiger partial charge in [-0.15, -0.1) is 0 Å². The van der Waals surface area contributed by atoms with Gasteiger partial charge in [0.25, 0.3) is 0 Å². The fraction of sp³-hybridized carbons (Fsp3) is 0.594. The maximum absolute atomic E-state index is 13.3. The number of carbonyl (C=O) groups excluding carboxylic acids is 3. The lowest BCUT2D eigenvalue weighted by Gasteiger charge is -2.44. The van der Waals surface area contributed by atoms with E-state index in [1.807, 2.05) is 12.1 Å². The molecule has 0 radical (unpaired) electrons. The minimum Gasteiger partial charge on any atom is -0.355 e. The average Bonchev–Trinajstić information content (AvgIpc) is 2.96. The Balaban J connectivity index is 1.29. The molecule has 1 heterocycles. The molecule has 230 valence electrons. The molecule has 2 fully saturated rings. The number of carbonyl (C=O) groups is 3. The number of nitrogens with one attached hydrogen (secondary N) is 1. The van der Waals surface area contributed by atoms with Crippen LogP contribution in [0.2, 0.25) is 10.0 Å². The van der Waals surface area contributed by atoms with Crippen molar-refractivity contribution in [1.29, 1.82) is 0 Å². The number of benzene rings is 1. The van der Waals surface area contributed by atoms with Gasteiger partial charge in [-0.05, 0) is 87.0 Å². The van der Waals surface area contributed by atoms with Gasteiger partial charge in [0.1, 0.15) is 0 Å². The van der Waals surface area contributed by atoms with Gasteiger partial charge in [-0.3, -0.25) is 14.4 Å². The van der Waals surface area contributed by atoms with Crippen LogP contribution in [0.5, 0.6) is 0 Å². The Morgan fingerprint density at radius 2 is 1.79 bits per heavy atom. The molecule has 1 saturated heterocycles. The maximum Gasteiger partial charge on any atom is 0.239 e. The van der Waals surface area contributed by atoms with Crippen LogP contribution in [0.3, 0.4) is 0 Å². The van der Waals surface area contributed by atoms with Gasteiger partial charge in [0.2, 0.25) is 17.7 Å². The fourth-order valence-corrected chi connectivity index (χ4v) is 7.53. The summed E-state index contributed by atoms with van der Waals surface area (Å²) in [5.74, 6) is 0.521. The topological polar surface area (TPSA) is 69.7 Å². The van der Waals surface area contributed by atoms with Gasteiger partial charge in [-0.2, -0.15) is 0 Å².